The van der Waals surface area contributed by atoms with Crippen LogP contribution >= 0.6 is 0 Å². The molecule has 0 heterocycles. The molecule has 0 saturated carbocycles. The van der Waals surface area contributed by atoms with Crippen molar-refractivity contribution < 1.29 is 17.9 Å². The minimum Gasteiger partial charge on any atom is -0.494 e. The topological polar surface area (TPSA) is 88.1 Å². The maximum absolute atomic E-state index is 12.6. The van der Waals surface area contributed by atoms with E-state index in [0.29, 0.717) is 23.6 Å². The molecule has 0 atom stereocenters. The molecule has 3 rings (SSSR count). The molecule has 0 aromatic heterocycles. The molecule has 0 fully saturated rings. The van der Waals surface area contributed by atoms with Gasteiger partial charge in [-0.2, -0.15) is 5.10 Å². The number of amides is 1. The lowest BCUT2D eigenvalue weighted by molar-refractivity contribution is 0.0955. The third-order valence-corrected chi connectivity index (χ3v) is 6.44. The lowest BCUT2D eigenvalue weighted by atomic mass is 10.1. The summed E-state index contributed by atoms with van der Waals surface area (Å²) in [4.78, 5) is 12.6. The van der Waals surface area contributed by atoms with E-state index in [1.807, 2.05) is 62.4 Å². The van der Waals surface area contributed by atoms with Crippen molar-refractivity contribution in [1.82, 2.24) is 5.43 Å². The molecule has 0 aliphatic carbocycles. The molecular weight excluding hydrogens is 450 g/mol. The van der Waals surface area contributed by atoms with E-state index in [9.17, 15) is 13.2 Å². The first kappa shape index (κ1) is 25.0. The van der Waals surface area contributed by atoms with E-state index in [0.717, 1.165) is 22.4 Å². The average Bonchev–Trinajstić information content (AvgIpc) is 2.82. The smallest absolute Gasteiger partial charge is 0.271 e. The van der Waals surface area contributed by atoms with Crippen LogP contribution in [-0.2, 0) is 16.6 Å². The summed E-state index contributed by atoms with van der Waals surface area (Å²) in [5, 5.41) is 4.18. The molecule has 0 radical (unpaired) electrons. The maximum atomic E-state index is 12.6. The van der Waals surface area contributed by atoms with E-state index in [2.05, 4.69) is 10.5 Å². The number of benzene rings is 3. The van der Waals surface area contributed by atoms with Crippen LogP contribution < -0.4 is 14.5 Å². The number of carbonyl (C=O) groups excluding carboxylic acids is 1. The summed E-state index contributed by atoms with van der Waals surface area (Å²) in [6.45, 7) is 6.47. The summed E-state index contributed by atoms with van der Waals surface area (Å²) < 4.78 is 31.7. The number of nitrogens with one attached hydrogen (secondary N) is 1. The molecule has 7 nitrogen and oxygen atoms in total. The second kappa shape index (κ2) is 11.0. The molecule has 0 saturated heterocycles. The number of ether oxygens (including phenoxy) is 1. The fraction of sp³-hybridized carbons (Fsp3) is 0.231. The Labute approximate surface area is 201 Å². The first-order valence-electron chi connectivity index (χ1n) is 10.9. The van der Waals surface area contributed by atoms with E-state index >= 15 is 0 Å². The van der Waals surface area contributed by atoms with Gasteiger partial charge in [-0.05, 0) is 86.0 Å². The SMILES string of the molecule is CCOc1ccc(/C(C)=N\NC(=O)c2ccc(N(Cc3ccccc3C)S(C)(=O)=O)cc2)cc1. The van der Waals surface area contributed by atoms with Crippen LogP contribution in [-0.4, -0.2) is 32.9 Å². The molecule has 178 valence electrons. The predicted molar refractivity (Wildman–Crippen MR) is 136 cm³/mol. The van der Waals surface area contributed by atoms with Crippen LogP contribution in [0.5, 0.6) is 5.75 Å². The molecule has 1 amide bonds. The Bertz CT molecular complexity index is 1270. The van der Waals surface area contributed by atoms with Gasteiger partial charge >= 0.3 is 0 Å². The molecule has 8 heteroatoms. The van der Waals surface area contributed by atoms with Crippen molar-refractivity contribution in [2.75, 3.05) is 17.2 Å². The third-order valence-electron chi connectivity index (χ3n) is 5.30. The zero-order valence-corrected chi connectivity index (χ0v) is 20.6. The van der Waals surface area contributed by atoms with Crippen LogP contribution in [0.15, 0.2) is 77.9 Å². The van der Waals surface area contributed by atoms with E-state index in [1.54, 1.807) is 31.2 Å². The molecule has 3 aromatic carbocycles. The molecule has 0 unspecified atom stereocenters. The molecule has 0 spiro atoms. The van der Waals surface area contributed by atoms with E-state index in [4.69, 9.17) is 4.74 Å². The van der Waals surface area contributed by atoms with Crippen molar-refractivity contribution in [3.8, 4) is 5.75 Å². The highest BCUT2D eigenvalue weighted by molar-refractivity contribution is 7.92. The normalized spacial score (nSPS) is 11.7. The van der Waals surface area contributed by atoms with Crippen LogP contribution in [0, 0.1) is 6.92 Å². The Kier molecular flexibility index (Phi) is 8.07. The van der Waals surface area contributed by atoms with E-state index in [1.165, 1.54) is 10.6 Å². The molecule has 34 heavy (non-hydrogen) atoms. The lowest BCUT2D eigenvalue weighted by Gasteiger charge is -2.23. The quantitative estimate of drug-likeness (QED) is 0.361. The summed E-state index contributed by atoms with van der Waals surface area (Å²) in [5.74, 6) is 0.385. The van der Waals surface area contributed by atoms with Crippen LogP contribution in [0.25, 0.3) is 0 Å². The summed E-state index contributed by atoms with van der Waals surface area (Å²) >= 11 is 0. The first-order chi connectivity index (χ1) is 16.2. The van der Waals surface area contributed by atoms with Gasteiger partial charge in [-0.25, -0.2) is 13.8 Å². The van der Waals surface area contributed by atoms with Crippen molar-refractivity contribution in [3.63, 3.8) is 0 Å². The summed E-state index contributed by atoms with van der Waals surface area (Å²) in [5.41, 5.74) is 6.83. The molecule has 3 aromatic rings. The van der Waals surface area contributed by atoms with Gasteiger partial charge in [0.15, 0.2) is 0 Å². The van der Waals surface area contributed by atoms with Crippen molar-refractivity contribution >= 4 is 27.3 Å². The minimum atomic E-state index is -3.52. The van der Waals surface area contributed by atoms with Crippen molar-refractivity contribution in [1.29, 1.82) is 0 Å². The number of sulfonamides is 1. The largest absolute Gasteiger partial charge is 0.494 e. The van der Waals surface area contributed by atoms with Gasteiger partial charge in [0, 0.05) is 5.56 Å². The molecule has 0 bridgehead atoms. The van der Waals surface area contributed by atoms with E-state index < -0.39 is 10.0 Å². The second-order valence-corrected chi connectivity index (χ2v) is 9.75. The monoisotopic (exact) mass is 479 g/mol. The Morgan fingerprint density at radius 3 is 2.18 bits per heavy atom. The number of hydrazone groups is 1. The molecule has 0 aliphatic heterocycles. The Morgan fingerprint density at radius 1 is 0.971 bits per heavy atom. The Morgan fingerprint density at radius 2 is 1.59 bits per heavy atom. The number of hydrogen-bond donors (Lipinski definition) is 1. The number of nitrogens with zero attached hydrogens (tertiary/aromatic N) is 2. The Balaban J connectivity index is 1.72. The minimum absolute atomic E-state index is 0.211. The molecule has 1 N–H and O–H groups in total. The van der Waals surface area contributed by atoms with Crippen LogP contribution in [0.2, 0.25) is 0 Å². The summed E-state index contributed by atoms with van der Waals surface area (Å²) in [6.07, 6.45) is 1.17. The van der Waals surface area contributed by atoms with Gasteiger partial charge in [-0.1, -0.05) is 24.3 Å². The fourth-order valence-corrected chi connectivity index (χ4v) is 4.22. The van der Waals surface area contributed by atoms with Gasteiger partial charge in [-0.3, -0.25) is 9.10 Å². The van der Waals surface area contributed by atoms with Gasteiger partial charge < -0.3 is 4.74 Å². The molecular formula is C26H29N3O4S. The van der Waals surface area contributed by atoms with Gasteiger partial charge in [0.1, 0.15) is 5.75 Å². The zero-order valence-electron chi connectivity index (χ0n) is 19.8. The van der Waals surface area contributed by atoms with Gasteiger partial charge in [-0.15, -0.1) is 0 Å². The average molecular weight is 480 g/mol. The maximum Gasteiger partial charge on any atom is 0.271 e. The number of rotatable bonds is 9. The summed E-state index contributed by atoms with van der Waals surface area (Å²) in [6, 6.07) is 21.5. The highest BCUT2D eigenvalue weighted by Gasteiger charge is 2.19. The highest BCUT2D eigenvalue weighted by Crippen LogP contribution is 2.22. The standard InChI is InChI=1S/C26H29N3O4S/c1-5-33-25-16-12-21(13-17-25)20(3)27-28-26(30)22-10-14-24(15-11-22)29(34(4,31)32)18-23-9-7-6-8-19(23)2/h6-17H,5,18H2,1-4H3,(H,28,30)/b27-20-. The van der Waals surface area contributed by atoms with Gasteiger partial charge in [0.05, 0.1) is 30.8 Å². The molecule has 0 aliphatic rings. The summed E-state index contributed by atoms with van der Waals surface area (Å²) in [7, 11) is -3.52. The zero-order chi connectivity index (χ0) is 24.7. The van der Waals surface area contributed by atoms with Crippen LogP contribution in [0.1, 0.15) is 40.9 Å². The lowest BCUT2D eigenvalue weighted by Crippen LogP contribution is -2.29. The highest BCUT2D eigenvalue weighted by atomic mass is 32.2. The fourth-order valence-electron chi connectivity index (χ4n) is 3.34. The first-order valence-corrected chi connectivity index (χ1v) is 12.7. The van der Waals surface area contributed by atoms with Crippen molar-refractivity contribution in [2.45, 2.75) is 27.3 Å². The van der Waals surface area contributed by atoms with Crippen LogP contribution in [0.4, 0.5) is 5.69 Å². The van der Waals surface area contributed by atoms with Gasteiger partial charge in [0.2, 0.25) is 10.0 Å². The number of carbonyl (C=O) groups is 1. The predicted octanol–water partition coefficient (Wildman–Crippen LogP) is 4.51. The second-order valence-electron chi connectivity index (χ2n) is 7.84. The van der Waals surface area contributed by atoms with Crippen molar-refractivity contribution in [3.05, 3.63) is 95.1 Å². The number of anilines is 1. The van der Waals surface area contributed by atoms with Crippen molar-refractivity contribution in [2.24, 2.45) is 5.10 Å². The number of hydrogen-bond acceptors (Lipinski definition) is 5. The Hall–Kier alpha value is -3.65. The number of aryl methyl sites for hydroxylation is 1. The van der Waals surface area contributed by atoms with E-state index in [-0.39, 0.29) is 12.5 Å². The van der Waals surface area contributed by atoms with Crippen LogP contribution in [0.3, 0.4) is 0 Å². The third kappa shape index (κ3) is 6.45. The van der Waals surface area contributed by atoms with Gasteiger partial charge in [0.25, 0.3) is 5.91 Å².